The van der Waals surface area contributed by atoms with Crippen molar-refractivity contribution in [3.8, 4) is 0 Å². The van der Waals surface area contributed by atoms with Gasteiger partial charge in [0.1, 0.15) is 0 Å². The maximum atomic E-state index is 12.1. The first-order chi connectivity index (χ1) is 15.0. The number of anilines is 2. The SMILES string of the molecule is CCCCC(=O)Nc1cc(C(=O)O)ccc1N1CCN(CCC)CC1.O=C(O)C(F)(F)F. The molecule has 11 heteroatoms. The molecule has 0 atom stereocenters. The number of benzene rings is 1. The van der Waals surface area contributed by atoms with Crippen LogP contribution in [0.25, 0.3) is 0 Å². The van der Waals surface area contributed by atoms with Gasteiger partial charge >= 0.3 is 18.1 Å². The molecule has 2 rings (SSSR count). The number of aliphatic carboxylic acids is 1. The predicted molar refractivity (Wildman–Crippen MR) is 114 cm³/mol. The largest absolute Gasteiger partial charge is 0.490 e. The molecule has 180 valence electrons. The number of aromatic carboxylic acids is 1. The van der Waals surface area contributed by atoms with E-state index >= 15 is 0 Å². The van der Waals surface area contributed by atoms with Crippen molar-refractivity contribution in [2.75, 3.05) is 42.9 Å². The molecular weight excluding hydrogens is 431 g/mol. The zero-order valence-corrected chi connectivity index (χ0v) is 18.2. The van der Waals surface area contributed by atoms with Gasteiger partial charge in [-0.3, -0.25) is 9.69 Å². The number of carbonyl (C=O) groups excluding carboxylic acids is 1. The van der Waals surface area contributed by atoms with E-state index in [0.29, 0.717) is 12.1 Å². The van der Waals surface area contributed by atoms with E-state index in [2.05, 4.69) is 22.0 Å². The lowest BCUT2D eigenvalue weighted by Gasteiger charge is -2.36. The molecule has 3 N–H and O–H groups in total. The minimum absolute atomic E-state index is 0.0599. The number of alkyl halides is 3. The van der Waals surface area contributed by atoms with Crippen molar-refractivity contribution in [1.82, 2.24) is 4.90 Å². The van der Waals surface area contributed by atoms with Crippen LogP contribution in [-0.2, 0) is 9.59 Å². The van der Waals surface area contributed by atoms with Gasteiger partial charge in [0.15, 0.2) is 0 Å². The molecule has 1 aliphatic rings. The van der Waals surface area contributed by atoms with E-state index in [0.717, 1.165) is 57.7 Å². The van der Waals surface area contributed by atoms with Gasteiger partial charge in [-0.05, 0) is 37.6 Å². The van der Waals surface area contributed by atoms with E-state index in [4.69, 9.17) is 9.90 Å². The average Bonchev–Trinajstić information content (AvgIpc) is 2.73. The first-order valence-corrected chi connectivity index (χ1v) is 10.4. The molecule has 0 radical (unpaired) electrons. The average molecular weight is 461 g/mol. The number of nitrogens with zero attached hydrogens (tertiary/aromatic N) is 2. The summed E-state index contributed by atoms with van der Waals surface area (Å²) in [5.74, 6) is -3.80. The van der Waals surface area contributed by atoms with Crippen LogP contribution in [0.2, 0.25) is 0 Å². The Morgan fingerprint density at radius 1 is 1.03 bits per heavy atom. The van der Waals surface area contributed by atoms with Gasteiger partial charge in [-0.25, -0.2) is 9.59 Å². The maximum absolute atomic E-state index is 12.1. The second kappa shape index (κ2) is 12.9. The Hall–Kier alpha value is -2.82. The molecule has 0 unspecified atom stereocenters. The first-order valence-electron chi connectivity index (χ1n) is 10.4. The van der Waals surface area contributed by atoms with Gasteiger partial charge in [0.25, 0.3) is 0 Å². The fourth-order valence-electron chi connectivity index (χ4n) is 3.12. The van der Waals surface area contributed by atoms with E-state index in [1.165, 1.54) is 0 Å². The normalized spacial score (nSPS) is 14.3. The molecule has 0 saturated carbocycles. The van der Waals surface area contributed by atoms with Crippen molar-refractivity contribution < 1.29 is 37.8 Å². The zero-order valence-electron chi connectivity index (χ0n) is 18.2. The number of amides is 1. The number of rotatable bonds is 8. The summed E-state index contributed by atoms with van der Waals surface area (Å²) < 4.78 is 31.7. The first kappa shape index (κ1) is 27.2. The molecule has 0 aliphatic carbocycles. The van der Waals surface area contributed by atoms with Crippen LogP contribution in [0, 0.1) is 0 Å². The molecule has 1 heterocycles. The van der Waals surface area contributed by atoms with Crippen molar-refractivity contribution in [3.05, 3.63) is 23.8 Å². The van der Waals surface area contributed by atoms with E-state index < -0.39 is 18.1 Å². The van der Waals surface area contributed by atoms with Gasteiger partial charge in [-0.15, -0.1) is 0 Å². The van der Waals surface area contributed by atoms with Crippen LogP contribution in [0.15, 0.2) is 18.2 Å². The van der Waals surface area contributed by atoms with E-state index in [-0.39, 0.29) is 11.5 Å². The highest BCUT2D eigenvalue weighted by atomic mass is 19.4. The van der Waals surface area contributed by atoms with Gasteiger partial charge in [0.2, 0.25) is 5.91 Å². The molecule has 8 nitrogen and oxygen atoms in total. The summed E-state index contributed by atoms with van der Waals surface area (Å²) in [5.41, 5.74) is 1.70. The Labute approximate surface area is 185 Å². The number of carbonyl (C=O) groups is 3. The second-order valence-corrected chi connectivity index (χ2v) is 7.32. The third-order valence-electron chi connectivity index (χ3n) is 4.77. The highest BCUT2D eigenvalue weighted by Crippen LogP contribution is 2.29. The van der Waals surface area contributed by atoms with Crippen LogP contribution < -0.4 is 10.2 Å². The Kier molecular flexibility index (Phi) is 11.0. The standard InChI is InChI=1S/C19H29N3O3.C2HF3O2/c1-3-5-6-18(23)20-16-14-15(19(24)25)7-8-17(16)22-12-10-21(9-4-2)11-13-22;3-2(4,5)1(6)7/h7-8,14H,3-6,9-13H2,1-2H3,(H,20,23)(H,24,25);(H,6,7). The fourth-order valence-corrected chi connectivity index (χ4v) is 3.12. The van der Waals surface area contributed by atoms with Crippen LogP contribution >= 0.6 is 0 Å². The molecule has 1 aromatic carbocycles. The number of nitrogens with one attached hydrogen (secondary N) is 1. The Balaban J connectivity index is 0.000000633. The van der Waals surface area contributed by atoms with Crippen LogP contribution in [0.5, 0.6) is 0 Å². The smallest absolute Gasteiger partial charge is 0.478 e. The molecule has 1 saturated heterocycles. The summed E-state index contributed by atoms with van der Waals surface area (Å²) in [7, 11) is 0. The van der Waals surface area contributed by atoms with Crippen molar-refractivity contribution >= 4 is 29.2 Å². The summed E-state index contributed by atoms with van der Waals surface area (Å²) in [6.45, 7) is 9.05. The Morgan fingerprint density at radius 3 is 2.09 bits per heavy atom. The molecule has 0 bridgehead atoms. The van der Waals surface area contributed by atoms with Crippen LogP contribution in [0.1, 0.15) is 49.9 Å². The van der Waals surface area contributed by atoms with Crippen molar-refractivity contribution in [2.45, 2.75) is 45.7 Å². The lowest BCUT2D eigenvalue weighted by Crippen LogP contribution is -2.46. The van der Waals surface area contributed by atoms with Gasteiger partial charge in [0.05, 0.1) is 16.9 Å². The summed E-state index contributed by atoms with van der Waals surface area (Å²) in [5, 5.41) is 19.3. The monoisotopic (exact) mass is 461 g/mol. The van der Waals surface area contributed by atoms with Gasteiger partial charge in [-0.2, -0.15) is 13.2 Å². The minimum atomic E-state index is -5.08. The number of piperazine rings is 1. The minimum Gasteiger partial charge on any atom is -0.478 e. The van der Waals surface area contributed by atoms with Gasteiger partial charge in [0, 0.05) is 32.6 Å². The van der Waals surface area contributed by atoms with E-state index in [1.54, 1.807) is 12.1 Å². The number of halogens is 3. The number of carboxylic acids is 2. The van der Waals surface area contributed by atoms with Crippen LogP contribution in [0.3, 0.4) is 0 Å². The van der Waals surface area contributed by atoms with E-state index in [9.17, 15) is 27.9 Å². The van der Waals surface area contributed by atoms with Gasteiger partial charge in [-0.1, -0.05) is 20.3 Å². The predicted octanol–water partition coefficient (Wildman–Crippen LogP) is 3.68. The molecule has 1 aliphatic heterocycles. The summed E-state index contributed by atoms with van der Waals surface area (Å²) in [4.78, 5) is 37.0. The summed E-state index contributed by atoms with van der Waals surface area (Å²) in [6, 6.07) is 4.99. The van der Waals surface area contributed by atoms with Crippen molar-refractivity contribution in [1.29, 1.82) is 0 Å². The van der Waals surface area contributed by atoms with Crippen molar-refractivity contribution in [3.63, 3.8) is 0 Å². The Morgan fingerprint density at radius 2 is 1.62 bits per heavy atom. The molecule has 1 fully saturated rings. The summed E-state index contributed by atoms with van der Waals surface area (Å²) >= 11 is 0. The van der Waals surface area contributed by atoms with Crippen molar-refractivity contribution in [2.24, 2.45) is 0 Å². The number of hydrogen-bond donors (Lipinski definition) is 3. The number of hydrogen-bond acceptors (Lipinski definition) is 5. The topological polar surface area (TPSA) is 110 Å². The zero-order chi connectivity index (χ0) is 24.3. The molecule has 0 aromatic heterocycles. The van der Waals surface area contributed by atoms with Crippen LogP contribution in [-0.4, -0.2) is 71.9 Å². The highest BCUT2D eigenvalue weighted by molar-refractivity contribution is 5.97. The molecule has 1 aromatic rings. The lowest BCUT2D eigenvalue weighted by molar-refractivity contribution is -0.192. The lowest BCUT2D eigenvalue weighted by atomic mass is 10.1. The van der Waals surface area contributed by atoms with E-state index in [1.807, 2.05) is 13.0 Å². The second-order valence-electron chi connectivity index (χ2n) is 7.32. The third kappa shape index (κ3) is 9.13. The molecule has 0 spiro atoms. The van der Waals surface area contributed by atoms with Gasteiger partial charge < -0.3 is 20.4 Å². The van der Waals surface area contributed by atoms with Crippen LogP contribution in [0.4, 0.5) is 24.5 Å². The molecule has 32 heavy (non-hydrogen) atoms. The quantitative estimate of drug-likeness (QED) is 0.542. The molecular formula is C21H30F3N3O5. The fraction of sp³-hybridized carbons (Fsp3) is 0.571. The number of unbranched alkanes of at least 4 members (excludes halogenated alkanes) is 1. The third-order valence-corrected chi connectivity index (χ3v) is 4.77. The molecule has 1 amide bonds. The Bertz CT molecular complexity index is 778. The number of carboxylic acid groups (broad SMARTS) is 2. The maximum Gasteiger partial charge on any atom is 0.490 e. The summed E-state index contributed by atoms with van der Waals surface area (Å²) in [6.07, 6.45) is -1.70. The highest BCUT2D eigenvalue weighted by Gasteiger charge is 2.38.